The number of aromatic nitrogens is 1. The van der Waals surface area contributed by atoms with Gasteiger partial charge < -0.3 is 9.40 Å². The van der Waals surface area contributed by atoms with Crippen LogP contribution in [0.2, 0.25) is 0 Å². The zero-order valence-corrected chi connectivity index (χ0v) is 6.18. The molecule has 0 aliphatic heterocycles. The number of fused-ring (bicyclic) bond motifs is 1. The van der Waals surface area contributed by atoms with Crippen LogP contribution in [0.15, 0.2) is 4.42 Å². The first-order valence-electron chi connectivity index (χ1n) is 3.31. The number of nitrogens with zero attached hydrogens (tertiary/aromatic N) is 1. The molecule has 0 fully saturated rings. The van der Waals surface area contributed by atoms with Crippen LogP contribution in [0.25, 0.3) is 0 Å². The molecule has 0 aromatic carbocycles. The van der Waals surface area contributed by atoms with E-state index in [0.29, 0.717) is 0 Å². The Kier molecular flexibility index (Phi) is 2.59. The molecule has 10 heavy (non-hydrogen) atoms. The van der Waals surface area contributed by atoms with Gasteiger partial charge in [0.1, 0.15) is 6.39 Å². The monoisotopic (exact) mass is 129 g/mol. The van der Waals surface area contributed by atoms with E-state index in [1.54, 1.807) is 0 Å². The predicted molar refractivity (Wildman–Crippen MR) is 32.0 cm³/mol. The number of rotatable bonds is 0. The van der Waals surface area contributed by atoms with Crippen LogP contribution in [-0.4, -0.2) is 4.98 Å². The van der Waals surface area contributed by atoms with Crippen LogP contribution < -0.4 is 18.9 Å². The van der Waals surface area contributed by atoms with Gasteiger partial charge in [-0.1, -0.05) is 31.4 Å². The summed E-state index contributed by atoms with van der Waals surface area (Å²) >= 11 is 0. The van der Waals surface area contributed by atoms with Crippen molar-refractivity contribution in [3.63, 3.8) is 0 Å². The molecule has 0 N–H and O–H groups in total. The maximum absolute atomic E-state index is 5.02. The topological polar surface area (TPSA) is 26.0 Å². The van der Waals surface area contributed by atoms with Crippen molar-refractivity contribution in [2.24, 2.45) is 0 Å². The number of hydrogen-bond acceptors (Lipinski definition) is 2. The third kappa shape index (κ3) is 1.28. The Morgan fingerprint density at radius 3 is 2.90 bits per heavy atom. The van der Waals surface area contributed by atoms with Gasteiger partial charge in [-0.15, -0.1) is 0 Å². The Labute approximate surface area is 72.2 Å². The van der Waals surface area contributed by atoms with E-state index >= 15 is 0 Å². The largest absolute Gasteiger partial charge is 1.00 e. The fourth-order valence-corrected chi connectivity index (χ4v) is 1.22. The molecule has 1 aliphatic rings. The zero-order valence-electron chi connectivity index (χ0n) is 6.18. The van der Waals surface area contributed by atoms with Gasteiger partial charge in [0, 0.05) is 0 Å². The molecular formula is C7H8LiNO. The summed E-state index contributed by atoms with van der Waals surface area (Å²) < 4.78 is 5.02. The van der Waals surface area contributed by atoms with Gasteiger partial charge >= 0.3 is 18.9 Å². The van der Waals surface area contributed by atoms with Crippen molar-refractivity contribution in [2.45, 2.75) is 25.7 Å². The molecule has 0 spiro atoms. The SMILES string of the molecule is [Li+].[c-]1nc2c(o1)CCCC2. The Morgan fingerprint density at radius 2 is 2.10 bits per heavy atom. The Balaban J connectivity index is 0.000000500. The second-order valence-electron chi connectivity index (χ2n) is 2.38. The van der Waals surface area contributed by atoms with Crippen molar-refractivity contribution in [3.05, 3.63) is 17.8 Å². The zero-order chi connectivity index (χ0) is 6.10. The molecule has 0 amide bonds. The smallest absolute Gasteiger partial charge is 0.578 e. The van der Waals surface area contributed by atoms with E-state index in [0.717, 1.165) is 24.3 Å². The van der Waals surface area contributed by atoms with Gasteiger partial charge in [-0.25, -0.2) is 0 Å². The molecule has 1 aliphatic carbocycles. The van der Waals surface area contributed by atoms with Crippen LogP contribution in [0.5, 0.6) is 0 Å². The minimum Gasteiger partial charge on any atom is -0.578 e. The third-order valence-electron chi connectivity index (χ3n) is 1.74. The summed E-state index contributed by atoms with van der Waals surface area (Å²) in [6, 6.07) is 0. The maximum atomic E-state index is 5.02. The second kappa shape index (κ2) is 3.27. The summed E-state index contributed by atoms with van der Waals surface area (Å²) in [7, 11) is 0. The van der Waals surface area contributed by atoms with Gasteiger partial charge in [-0.05, 0) is 5.76 Å². The summed E-state index contributed by atoms with van der Waals surface area (Å²) in [5.74, 6) is 1.06. The molecule has 0 unspecified atom stereocenters. The first kappa shape index (κ1) is 7.91. The molecule has 2 rings (SSSR count). The van der Waals surface area contributed by atoms with Crippen LogP contribution in [0, 0.1) is 6.39 Å². The van der Waals surface area contributed by atoms with Crippen LogP contribution in [-0.2, 0) is 12.8 Å². The van der Waals surface area contributed by atoms with Crippen LogP contribution >= 0.6 is 0 Å². The van der Waals surface area contributed by atoms with Gasteiger partial charge in [-0.3, -0.25) is 0 Å². The van der Waals surface area contributed by atoms with Crippen molar-refractivity contribution >= 4 is 0 Å². The minimum absolute atomic E-state index is 0. The molecular weight excluding hydrogens is 121 g/mol. The van der Waals surface area contributed by atoms with E-state index in [-0.39, 0.29) is 18.9 Å². The van der Waals surface area contributed by atoms with Crippen LogP contribution in [0.4, 0.5) is 0 Å². The summed E-state index contributed by atoms with van der Waals surface area (Å²) in [5, 5.41) is 0. The number of aryl methyl sites for hydroxylation is 2. The van der Waals surface area contributed by atoms with Gasteiger partial charge in [0.05, 0.1) is 0 Å². The molecule has 1 heterocycles. The summed E-state index contributed by atoms with van der Waals surface area (Å²) in [6.07, 6.45) is 7.17. The van der Waals surface area contributed by atoms with Gasteiger partial charge in [0.15, 0.2) is 0 Å². The molecule has 0 saturated heterocycles. The number of oxazole rings is 1. The quantitative estimate of drug-likeness (QED) is 0.310. The van der Waals surface area contributed by atoms with Gasteiger partial charge in [0.2, 0.25) is 0 Å². The van der Waals surface area contributed by atoms with Crippen molar-refractivity contribution < 1.29 is 23.3 Å². The fraction of sp³-hybridized carbons (Fsp3) is 0.571. The van der Waals surface area contributed by atoms with Crippen molar-refractivity contribution in [2.75, 3.05) is 0 Å². The summed E-state index contributed by atoms with van der Waals surface area (Å²) in [5.41, 5.74) is 1.13. The average molecular weight is 129 g/mol. The molecule has 0 saturated carbocycles. The second-order valence-corrected chi connectivity index (χ2v) is 2.38. The fourth-order valence-electron chi connectivity index (χ4n) is 1.22. The van der Waals surface area contributed by atoms with E-state index in [9.17, 15) is 0 Å². The normalized spacial score (nSPS) is 15.6. The molecule has 1 aromatic rings. The first-order chi connectivity index (χ1) is 4.47. The standard InChI is InChI=1S/C7H8NO.Li/c1-2-4-7-6(3-1)8-5-9-7;/h1-4H2;/q-1;+1. The molecule has 48 valence electrons. The number of hydrogen-bond donors (Lipinski definition) is 0. The summed E-state index contributed by atoms with van der Waals surface area (Å²) in [6.45, 7) is 0. The molecule has 0 radical (unpaired) electrons. The van der Waals surface area contributed by atoms with E-state index in [2.05, 4.69) is 11.4 Å². The molecule has 3 heteroatoms. The molecule has 0 atom stereocenters. The van der Waals surface area contributed by atoms with E-state index in [1.165, 1.54) is 12.8 Å². The van der Waals surface area contributed by atoms with Gasteiger partial charge in [-0.2, -0.15) is 0 Å². The van der Waals surface area contributed by atoms with Crippen molar-refractivity contribution in [3.8, 4) is 0 Å². The summed E-state index contributed by atoms with van der Waals surface area (Å²) in [4.78, 5) is 3.97. The molecule has 0 bridgehead atoms. The van der Waals surface area contributed by atoms with Crippen LogP contribution in [0.3, 0.4) is 0 Å². The first-order valence-corrected chi connectivity index (χ1v) is 3.31. The van der Waals surface area contributed by atoms with Gasteiger partial charge in [0.25, 0.3) is 0 Å². The van der Waals surface area contributed by atoms with Crippen LogP contribution in [0.1, 0.15) is 24.3 Å². The Bertz CT molecular complexity index is 189. The molecule has 1 aromatic heterocycles. The van der Waals surface area contributed by atoms with E-state index in [4.69, 9.17) is 4.42 Å². The molecule has 2 nitrogen and oxygen atoms in total. The van der Waals surface area contributed by atoms with E-state index < -0.39 is 0 Å². The van der Waals surface area contributed by atoms with E-state index in [1.807, 2.05) is 0 Å². The average Bonchev–Trinajstić information content (AvgIpc) is 2.33. The predicted octanol–water partition coefficient (Wildman–Crippen LogP) is -1.64. The van der Waals surface area contributed by atoms with Crippen molar-refractivity contribution in [1.29, 1.82) is 0 Å². The Morgan fingerprint density at radius 1 is 1.30 bits per heavy atom. The Hall–Kier alpha value is -0.193. The minimum atomic E-state index is 0. The maximum Gasteiger partial charge on any atom is 1.00 e. The third-order valence-corrected chi connectivity index (χ3v) is 1.74. The van der Waals surface area contributed by atoms with Crippen molar-refractivity contribution in [1.82, 2.24) is 4.98 Å².